The van der Waals surface area contributed by atoms with Crippen molar-refractivity contribution in [2.24, 2.45) is 0 Å². The summed E-state index contributed by atoms with van der Waals surface area (Å²) in [5, 5.41) is 2.56. The van der Waals surface area contributed by atoms with Gasteiger partial charge in [0, 0.05) is 0 Å². The van der Waals surface area contributed by atoms with Crippen molar-refractivity contribution < 1.29 is 9.18 Å². The quantitative estimate of drug-likeness (QED) is 0.790. The van der Waals surface area contributed by atoms with Gasteiger partial charge < -0.3 is 5.32 Å². The fourth-order valence-corrected chi connectivity index (χ4v) is 1.35. The van der Waals surface area contributed by atoms with Gasteiger partial charge in [-0.2, -0.15) is 0 Å². The van der Waals surface area contributed by atoms with Crippen LogP contribution >= 0.6 is 11.6 Å². The summed E-state index contributed by atoms with van der Waals surface area (Å²) >= 11 is 5.74. The molecule has 0 fully saturated rings. The number of nitrogens with one attached hydrogen (secondary N) is 1. The highest BCUT2D eigenvalue weighted by Gasteiger charge is 2.22. The normalized spacial score (nSPS) is 10.7. The fourth-order valence-electron chi connectivity index (χ4n) is 1.10. The van der Waals surface area contributed by atoms with E-state index in [1.54, 1.807) is 13.8 Å². The molecule has 16 heavy (non-hydrogen) atoms. The van der Waals surface area contributed by atoms with Gasteiger partial charge in [-0.1, -0.05) is 23.6 Å². The van der Waals surface area contributed by atoms with Gasteiger partial charge in [-0.3, -0.25) is 4.79 Å². The lowest BCUT2D eigenvalue weighted by Crippen LogP contribution is -2.42. The van der Waals surface area contributed by atoms with E-state index in [4.69, 9.17) is 18.0 Å². The number of rotatable bonds is 2. The molecule has 0 atom stereocenters. The molecule has 0 unspecified atom stereocenters. The maximum atomic E-state index is 13.4. The van der Waals surface area contributed by atoms with E-state index in [9.17, 15) is 9.18 Å². The molecule has 4 heteroatoms. The topological polar surface area (TPSA) is 29.1 Å². The molecule has 0 aliphatic carbocycles. The van der Waals surface area contributed by atoms with Gasteiger partial charge in [0.2, 0.25) is 0 Å². The Bertz CT molecular complexity index is 442. The Morgan fingerprint density at radius 2 is 2.19 bits per heavy atom. The summed E-state index contributed by atoms with van der Waals surface area (Å²) in [6.45, 7) is 3.28. The minimum atomic E-state index is -0.845. The zero-order valence-corrected chi connectivity index (χ0v) is 9.73. The van der Waals surface area contributed by atoms with Crippen LogP contribution in [0.25, 0.3) is 0 Å². The Kier molecular flexibility index (Phi) is 3.56. The first-order chi connectivity index (χ1) is 7.37. The number of amides is 1. The first-order valence-electron chi connectivity index (χ1n) is 4.61. The Morgan fingerprint density at radius 3 is 2.69 bits per heavy atom. The van der Waals surface area contributed by atoms with E-state index >= 15 is 0 Å². The van der Waals surface area contributed by atoms with Gasteiger partial charge in [-0.05, 0) is 26.0 Å². The smallest absolute Gasteiger partial charge is 0.256 e. The van der Waals surface area contributed by atoms with E-state index < -0.39 is 17.3 Å². The third kappa shape index (κ3) is 2.74. The van der Waals surface area contributed by atoms with E-state index in [2.05, 4.69) is 11.2 Å². The number of carbonyl (C=O) groups excluding carboxylic acids is 1. The molecule has 0 aliphatic rings. The molecule has 0 aliphatic heterocycles. The summed E-state index contributed by atoms with van der Waals surface area (Å²) < 4.78 is 13.4. The molecule has 1 aromatic rings. The van der Waals surface area contributed by atoms with Crippen molar-refractivity contribution >= 4 is 17.5 Å². The van der Waals surface area contributed by atoms with Gasteiger partial charge >= 0.3 is 0 Å². The Labute approximate surface area is 98.8 Å². The van der Waals surface area contributed by atoms with Crippen molar-refractivity contribution in [3.63, 3.8) is 0 Å². The fraction of sp³-hybridized carbons (Fsp3) is 0.250. The van der Waals surface area contributed by atoms with Crippen LogP contribution in [0.4, 0.5) is 4.39 Å². The summed E-state index contributed by atoms with van der Waals surface area (Å²) in [5.41, 5.74) is -1.03. The number of benzene rings is 1. The van der Waals surface area contributed by atoms with Crippen LogP contribution in [0.5, 0.6) is 0 Å². The number of hydrogen-bond donors (Lipinski definition) is 1. The minimum absolute atomic E-state index is 0.0605. The number of carbonyl (C=O) groups is 1. The molecular formula is C12H11ClFNO. The lowest BCUT2D eigenvalue weighted by atomic mass is 10.1. The van der Waals surface area contributed by atoms with Crippen molar-refractivity contribution in [3.05, 3.63) is 34.6 Å². The molecule has 1 amide bonds. The second kappa shape index (κ2) is 4.54. The predicted molar refractivity (Wildman–Crippen MR) is 61.8 cm³/mol. The molecule has 0 radical (unpaired) electrons. The highest BCUT2D eigenvalue weighted by molar-refractivity contribution is 6.33. The van der Waals surface area contributed by atoms with Crippen LogP contribution < -0.4 is 5.32 Å². The van der Waals surface area contributed by atoms with Crippen molar-refractivity contribution in [2.75, 3.05) is 0 Å². The van der Waals surface area contributed by atoms with E-state index in [0.717, 1.165) is 0 Å². The number of terminal acetylenes is 1. The zero-order valence-electron chi connectivity index (χ0n) is 8.97. The maximum absolute atomic E-state index is 13.4. The largest absolute Gasteiger partial charge is 0.336 e. The lowest BCUT2D eigenvalue weighted by molar-refractivity contribution is 0.0926. The van der Waals surface area contributed by atoms with Gasteiger partial charge in [0.15, 0.2) is 0 Å². The highest BCUT2D eigenvalue weighted by Crippen LogP contribution is 2.19. The third-order valence-corrected chi connectivity index (χ3v) is 2.29. The first kappa shape index (κ1) is 12.5. The number of halogens is 2. The van der Waals surface area contributed by atoms with Gasteiger partial charge in [-0.15, -0.1) is 6.42 Å². The van der Waals surface area contributed by atoms with Crippen LogP contribution in [0.1, 0.15) is 24.2 Å². The predicted octanol–water partition coefficient (Wildman–Crippen LogP) is 2.62. The van der Waals surface area contributed by atoms with Crippen LogP contribution in [-0.2, 0) is 0 Å². The standard InChI is InChI=1S/C12H11ClFNO/c1-4-12(2,3)15-11(16)10-8(13)6-5-7-9(10)14/h1,5-7H,2-3H3,(H,15,16). The molecule has 0 aromatic heterocycles. The summed E-state index contributed by atoms with van der Waals surface area (Å²) in [7, 11) is 0. The van der Waals surface area contributed by atoms with Gasteiger partial charge in [-0.25, -0.2) is 4.39 Å². The van der Waals surface area contributed by atoms with Crippen LogP contribution in [0, 0.1) is 18.2 Å². The van der Waals surface area contributed by atoms with Gasteiger partial charge in [0.1, 0.15) is 5.82 Å². The second-order valence-electron chi connectivity index (χ2n) is 3.82. The van der Waals surface area contributed by atoms with Crippen LogP contribution in [0.15, 0.2) is 18.2 Å². The monoisotopic (exact) mass is 239 g/mol. The number of hydrogen-bond acceptors (Lipinski definition) is 1. The molecule has 0 spiro atoms. The molecule has 1 N–H and O–H groups in total. The van der Waals surface area contributed by atoms with Gasteiger partial charge in [0.25, 0.3) is 5.91 Å². The van der Waals surface area contributed by atoms with E-state index in [1.807, 2.05) is 0 Å². The molecule has 0 saturated carbocycles. The van der Waals surface area contributed by atoms with Crippen molar-refractivity contribution in [1.82, 2.24) is 5.32 Å². The molecule has 0 saturated heterocycles. The summed E-state index contributed by atoms with van der Waals surface area (Å²) in [6.07, 6.45) is 5.22. The van der Waals surface area contributed by atoms with Crippen LogP contribution in [0.2, 0.25) is 5.02 Å². The Hall–Kier alpha value is -1.53. The molecule has 0 bridgehead atoms. The second-order valence-corrected chi connectivity index (χ2v) is 4.23. The summed E-state index contributed by atoms with van der Waals surface area (Å²) in [5.74, 6) is 1.10. The molecular weight excluding hydrogens is 229 g/mol. The highest BCUT2D eigenvalue weighted by atomic mass is 35.5. The SMILES string of the molecule is C#CC(C)(C)NC(=O)c1c(F)cccc1Cl. The molecule has 1 aromatic carbocycles. The molecule has 2 nitrogen and oxygen atoms in total. The minimum Gasteiger partial charge on any atom is -0.336 e. The summed E-state index contributed by atoms with van der Waals surface area (Å²) in [4.78, 5) is 11.7. The van der Waals surface area contributed by atoms with Crippen LogP contribution in [0.3, 0.4) is 0 Å². The lowest BCUT2D eigenvalue weighted by Gasteiger charge is -2.20. The van der Waals surface area contributed by atoms with Gasteiger partial charge in [0.05, 0.1) is 16.1 Å². The van der Waals surface area contributed by atoms with Crippen molar-refractivity contribution in [3.8, 4) is 12.3 Å². The molecule has 1 rings (SSSR count). The first-order valence-corrected chi connectivity index (χ1v) is 4.99. The van der Waals surface area contributed by atoms with E-state index in [-0.39, 0.29) is 10.6 Å². The van der Waals surface area contributed by atoms with Crippen molar-refractivity contribution in [1.29, 1.82) is 0 Å². The van der Waals surface area contributed by atoms with E-state index in [0.29, 0.717) is 0 Å². The third-order valence-electron chi connectivity index (χ3n) is 1.98. The summed E-state index contributed by atoms with van der Waals surface area (Å²) in [6, 6.07) is 4.05. The van der Waals surface area contributed by atoms with Crippen LogP contribution in [-0.4, -0.2) is 11.4 Å². The van der Waals surface area contributed by atoms with Crippen molar-refractivity contribution in [2.45, 2.75) is 19.4 Å². The zero-order chi connectivity index (χ0) is 12.3. The van der Waals surface area contributed by atoms with E-state index in [1.165, 1.54) is 18.2 Å². The Morgan fingerprint density at radius 1 is 1.56 bits per heavy atom. The maximum Gasteiger partial charge on any atom is 0.256 e. The average Bonchev–Trinajstić information content (AvgIpc) is 2.16. The molecule has 84 valence electrons. The Balaban J connectivity index is 3.04. The molecule has 0 heterocycles. The average molecular weight is 240 g/mol.